The van der Waals surface area contributed by atoms with Gasteiger partial charge in [-0.2, -0.15) is 0 Å². The van der Waals surface area contributed by atoms with Gasteiger partial charge in [-0.05, 0) is 99.7 Å². The molecule has 3 aliphatic rings. The summed E-state index contributed by atoms with van der Waals surface area (Å²) in [4.78, 5) is 43.8. The molecule has 0 bridgehead atoms. The maximum Gasteiger partial charge on any atom is 0.271 e. The molecule has 6 rings (SSSR count). The van der Waals surface area contributed by atoms with Crippen molar-refractivity contribution in [2.24, 2.45) is 17.4 Å². The van der Waals surface area contributed by atoms with E-state index in [1.165, 1.54) is 12.0 Å². The van der Waals surface area contributed by atoms with Crippen LogP contribution in [0.2, 0.25) is 0 Å². The van der Waals surface area contributed by atoms with Crippen LogP contribution < -0.4 is 26.6 Å². The van der Waals surface area contributed by atoms with Crippen molar-refractivity contribution in [2.45, 2.75) is 50.9 Å². The highest BCUT2D eigenvalue weighted by Crippen LogP contribution is 2.31. The summed E-state index contributed by atoms with van der Waals surface area (Å²) in [6, 6.07) is 12.2. The van der Waals surface area contributed by atoms with Crippen LogP contribution in [0.15, 0.2) is 48.8 Å². The van der Waals surface area contributed by atoms with Crippen molar-refractivity contribution in [1.82, 2.24) is 19.9 Å². The summed E-state index contributed by atoms with van der Waals surface area (Å²) in [7, 11) is 0. The third-order valence-corrected chi connectivity index (χ3v) is 9.40. The molecule has 5 N–H and O–H groups in total. The molecule has 0 radical (unpaired) electrons. The quantitative estimate of drug-likeness (QED) is 0.334. The number of amides is 2. The molecule has 44 heavy (non-hydrogen) atoms. The normalized spacial score (nSPS) is 18.7. The third-order valence-electron chi connectivity index (χ3n) is 9.40. The predicted octanol–water partition coefficient (Wildman–Crippen LogP) is 3.90. The average Bonchev–Trinajstić information content (AvgIpc) is 3.06. The van der Waals surface area contributed by atoms with Crippen molar-refractivity contribution in [1.29, 1.82) is 0 Å². The van der Waals surface area contributed by atoms with Crippen molar-refractivity contribution < 1.29 is 9.59 Å². The van der Waals surface area contributed by atoms with E-state index in [4.69, 9.17) is 16.5 Å². The number of nitrogens with one attached hydrogen (secondary N) is 1. The van der Waals surface area contributed by atoms with Crippen LogP contribution in [0.3, 0.4) is 0 Å². The topological polar surface area (TPSA) is 147 Å². The second-order valence-corrected chi connectivity index (χ2v) is 12.4. The first-order chi connectivity index (χ1) is 21.4. The SMILES string of the molecule is NC(=O)c1ccc(N2CCC(CN3CCC(c4ccc(Nc5nc(N6CCCCC6)cnc5C(N)=O)cc4)CC3)CC2)cn1. The summed E-state index contributed by atoms with van der Waals surface area (Å²) in [6.45, 7) is 7.30. The van der Waals surface area contributed by atoms with E-state index in [0.29, 0.717) is 23.3 Å². The maximum absolute atomic E-state index is 12.1. The van der Waals surface area contributed by atoms with Gasteiger partial charge in [0.2, 0.25) is 0 Å². The zero-order valence-electron chi connectivity index (χ0n) is 25.3. The Bertz CT molecular complexity index is 1420. The van der Waals surface area contributed by atoms with Crippen LogP contribution in [-0.4, -0.2) is 77.5 Å². The Morgan fingerprint density at radius 2 is 1.50 bits per heavy atom. The molecule has 0 atom stereocenters. The smallest absolute Gasteiger partial charge is 0.271 e. The number of nitrogens with two attached hydrogens (primary N) is 2. The molecule has 232 valence electrons. The Balaban J connectivity index is 0.984. The second-order valence-electron chi connectivity index (χ2n) is 12.4. The first-order valence-electron chi connectivity index (χ1n) is 15.9. The van der Waals surface area contributed by atoms with E-state index in [0.717, 1.165) is 102 Å². The molecule has 3 fully saturated rings. The Morgan fingerprint density at radius 1 is 0.773 bits per heavy atom. The molecule has 3 aliphatic heterocycles. The van der Waals surface area contributed by atoms with Crippen molar-refractivity contribution in [3.8, 4) is 0 Å². The molecule has 2 aromatic heterocycles. The monoisotopic (exact) mass is 597 g/mol. The van der Waals surface area contributed by atoms with Crippen molar-refractivity contribution in [3.05, 3.63) is 65.7 Å². The molecular formula is C33H43N9O2. The summed E-state index contributed by atoms with van der Waals surface area (Å²) in [5.74, 6) is 1.35. The highest BCUT2D eigenvalue weighted by Gasteiger charge is 2.26. The van der Waals surface area contributed by atoms with Gasteiger partial charge >= 0.3 is 0 Å². The predicted molar refractivity (Wildman–Crippen MR) is 172 cm³/mol. The average molecular weight is 598 g/mol. The molecular weight excluding hydrogens is 554 g/mol. The summed E-state index contributed by atoms with van der Waals surface area (Å²) >= 11 is 0. The largest absolute Gasteiger partial charge is 0.370 e. The fourth-order valence-electron chi connectivity index (χ4n) is 6.80. The van der Waals surface area contributed by atoms with Crippen molar-refractivity contribution in [2.75, 3.05) is 60.9 Å². The number of likely N-dealkylation sites (tertiary alicyclic amines) is 1. The van der Waals surface area contributed by atoms with Gasteiger partial charge in [0.05, 0.1) is 18.1 Å². The van der Waals surface area contributed by atoms with Gasteiger partial charge in [-0.25, -0.2) is 15.0 Å². The Labute approximate surface area is 259 Å². The molecule has 11 heteroatoms. The third kappa shape index (κ3) is 7.10. The zero-order chi connectivity index (χ0) is 30.5. The molecule has 1 aromatic carbocycles. The Morgan fingerprint density at radius 3 is 2.14 bits per heavy atom. The number of carbonyl (C=O) groups is 2. The molecule has 11 nitrogen and oxygen atoms in total. The first kappa shape index (κ1) is 29.8. The number of hydrogen-bond acceptors (Lipinski definition) is 9. The lowest BCUT2D eigenvalue weighted by atomic mass is 9.88. The highest BCUT2D eigenvalue weighted by molar-refractivity contribution is 5.96. The number of piperidine rings is 3. The summed E-state index contributed by atoms with van der Waals surface area (Å²) in [5, 5.41) is 3.30. The van der Waals surface area contributed by atoms with E-state index >= 15 is 0 Å². The van der Waals surface area contributed by atoms with Gasteiger partial charge in [-0.15, -0.1) is 0 Å². The van der Waals surface area contributed by atoms with E-state index < -0.39 is 11.8 Å². The molecule has 0 unspecified atom stereocenters. The lowest BCUT2D eigenvalue weighted by Crippen LogP contribution is -2.41. The summed E-state index contributed by atoms with van der Waals surface area (Å²) in [6.07, 6.45) is 11.5. The fraction of sp³-hybridized carbons (Fsp3) is 0.485. The van der Waals surface area contributed by atoms with Gasteiger partial charge in [0.1, 0.15) is 11.5 Å². The second kappa shape index (κ2) is 13.6. The van der Waals surface area contributed by atoms with Crippen LogP contribution in [0.1, 0.15) is 77.4 Å². The van der Waals surface area contributed by atoms with Gasteiger partial charge < -0.3 is 31.5 Å². The number of benzene rings is 1. The minimum absolute atomic E-state index is 0.156. The minimum atomic E-state index is -0.590. The van der Waals surface area contributed by atoms with E-state index in [1.807, 2.05) is 6.07 Å². The standard InChI is InChI=1S/C33H43N9O2/c34-31(43)28-9-8-27(20-36-28)41-18-10-23(11-19-41)22-40-16-12-25(13-17-40)24-4-6-26(7-5-24)38-33-30(32(35)44)37-21-29(39-33)42-14-2-1-3-15-42/h4-9,20-21,23,25H,1-3,10-19,22H2,(H2,34,43)(H2,35,44)(H,38,39). The van der Waals surface area contributed by atoms with Crippen LogP contribution in [0, 0.1) is 5.92 Å². The van der Waals surface area contributed by atoms with Crippen LogP contribution in [0.5, 0.6) is 0 Å². The molecule has 5 heterocycles. The lowest BCUT2D eigenvalue weighted by Gasteiger charge is -2.38. The van der Waals surface area contributed by atoms with Crippen LogP contribution in [0.4, 0.5) is 23.0 Å². The first-order valence-corrected chi connectivity index (χ1v) is 15.9. The van der Waals surface area contributed by atoms with Gasteiger partial charge in [0.25, 0.3) is 11.8 Å². The van der Waals surface area contributed by atoms with E-state index in [9.17, 15) is 9.59 Å². The number of primary amides is 2. The minimum Gasteiger partial charge on any atom is -0.370 e. The number of carbonyl (C=O) groups excluding carboxylic acids is 2. The van der Waals surface area contributed by atoms with Gasteiger partial charge in [-0.3, -0.25) is 9.59 Å². The number of rotatable bonds is 9. The Hall–Kier alpha value is -4.25. The summed E-state index contributed by atoms with van der Waals surface area (Å²) in [5.41, 5.74) is 14.7. The van der Waals surface area contributed by atoms with Crippen LogP contribution in [0.25, 0.3) is 0 Å². The molecule has 0 aliphatic carbocycles. The number of pyridine rings is 1. The number of aromatic nitrogens is 3. The van der Waals surface area contributed by atoms with Gasteiger partial charge in [0.15, 0.2) is 11.5 Å². The van der Waals surface area contributed by atoms with Gasteiger partial charge in [0, 0.05) is 38.4 Å². The molecule has 0 spiro atoms. The maximum atomic E-state index is 12.1. The zero-order valence-corrected chi connectivity index (χ0v) is 25.3. The fourth-order valence-corrected chi connectivity index (χ4v) is 6.80. The van der Waals surface area contributed by atoms with Gasteiger partial charge in [-0.1, -0.05) is 12.1 Å². The van der Waals surface area contributed by atoms with E-state index in [1.54, 1.807) is 18.5 Å². The number of nitrogens with zero attached hydrogens (tertiary/aromatic N) is 6. The van der Waals surface area contributed by atoms with Crippen molar-refractivity contribution >= 4 is 34.8 Å². The molecule has 3 saturated heterocycles. The lowest BCUT2D eigenvalue weighted by molar-refractivity contribution is 0.0987. The van der Waals surface area contributed by atoms with Crippen molar-refractivity contribution in [3.63, 3.8) is 0 Å². The highest BCUT2D eigenvalue weighted by atomic mass is 16.1. The van der Waals surface area contributed by atoms with Crippen LogP contribution in [-0.2, 0) is 0 Å². The van der Waals surface area contributed by atoms with E-state index in [-0.39, 0.29) is 5.69 Å². The molecule has 3 aromatic rings. The molecule has 2 amide bonds. The van der Waals surface area contributed by atoms with Crippen LogP contribution >= 0.6 is 0 Å². The number of hydrogen-bond donors (Lipinski definition) is 3. The van der Waals surface area contributed by atoms with E-state index in [2.05, 4.69) is 54.2 Å². The summed E-state index contributed by atoms with van der Waals surface area (Å²) < 4.78 is 0. The Kier molecular flexibility index (Phi) is 9.20. The number of anilines is 4. The molecule has 0 saturated carbocycles.